The highest BCUT2D eigenvalue weighted by atomic mass is 32.2. The molecule has 0 radical (unpaired) electrons. The summed E-state index contributed by atoms with van der Waals surface area (Å²) in [5.41, 5.74) is 9.34. The highest BCUT2D eigenvalue weighted by Crippen LogP contribution is 2.44. The van der Waals surface area contributed by atoms with Crippen LogP contribution in [0.15, 0.2) is 58.3 Å². The molecule has 3 heterocycles. The average Bonchev–Trinajstić information content (AvgIpc) is 3.37. The molecule has 5 nitrogen and oxygen atoms in total. The van der Waals surface area contributed by atoms with Crippen molar-refractivity contribution in [2.45, 2.75) is 47.9 Å². The van der Waals surface area contributed by atoms with Gasteiger partial charge in [-0.2, -0.15) is 0 Å². The van der Waals surface area contributed by atoms with Gasteiger partial charge in [-0.05, 0) is 72.3 Å². The SMILES string of the molecule is NCCCC1CCCN1N1C(=O)c2ccc3c4c(ccc3c2C1=O)Sc1ccccc1C4. The molecule has 3 aromatic rings. The van der Waals surface area contributed by atoms with Crippen LogP contribution < -0.4 is 5.73 Å². The highest BCUT2D eigenvalue weighted by molar-refractivity contribution is 7.99. The number of imide groups is 1. The first-order valence-corrected chi connectivity index (χ1v) is 12.2. The summed E-state index contributed by atoms with van der Waals surface area (Å²) in [6.07, 6.45) is 4.65. The van der Waals surface area contributed by atoms with Gasteiger partial charge in [0.1, 0.15) is 0 Å². The third-order valence-electron chi connectivity index (χ3n) is 7.00. The number of hydrogen-bond donors (Lipinski definition) is 1. The summed E-state index contributed by atoms with van der Waals surface area (Å²) in [5.74, 6) is -0.372. The van der Waals surface area contributed by atoms with E-state index in [9.17, 15) is 9.59 Å². The van der Waals surface area contributed by atoms with E-state index in [1.807, 2.05) is 23.2 Å². The van der Waals surface area contributed by atoms with Crippen LogP contribution in [-0.2, 0) is 6.42 Å². The Morgan fingerprint density at radius 1 is 0.969 bits per heavy atom. The quantitative estimate of drug-likeness (QED) is 0.467. The molecule has 2 amide bonds. The molecule has 32 heavy (non-hydrogen) atoms. The maximum Gasteiger partial charge on any atom is 0.276 e. The average molecular weight is 444 g/mol. The van der Waals surface area contributed by atoms with Crippen molar-refractivity contribution in [2.75, 3.05) is 13.1 Å². The largest absolute Gasteiger partial charge is 0.330 e. The Balaban J connectivity index is 1.42. The third kappa shape index (κ3) is 2.94. The summed E-state index contributed by atoms with van der Waals surface area (Å²) < 4.78 is 0. The molecular formula is C26H25N3O2S. The number of amides is 2. The first-order valence-electron chi connectivity index (χ1n) is 11.4. The molecule has 1 unspecified atom stereocenters. The topological polar surface area (TPSA) is 66.6 Å². The minimum Gasteiger partial charge on any atom is -0.330 e. The summed E-state index contributed by atoms with van der Waals surface area (Å²) in [6.45, 7) is 1.37. The summed E-state index contributed by atoms with van der Waals surface area (Å²) in [4.78, 5) is 29.5. The van der Waals surface area contributed by atoms with E-state index in [2.05, 4.69) is 30.3 Å². The Morgan fingerprint density at radius 3 is 2.69 bits per heavy atom. The lowest BCUT2D eigenvalue weighted by Gasteiger charge is -2.31. The van der Waals surface area contributed by atoms with Crippen LogP contribution >= 0.6 is 11.8 Å². The van der Waals surface area contributed by atoms with Crippen LogP contribution in [0.5, 0.6) is 0 Å². The predicted molar refractivity (Wildman–Crippen MR) is 126 cm³/mol. The van der Waals surface area contributed by atoms with Crippen molar-refractivity contribution in [3.63, 3.8) is 0 Å². The summed E-state index contributed by atoms with van der Waals surface area (Å²) in [7, 11) is 0. The molecule has 3 aliphatic rings. The molecule has 1 atom stereocenters. The van der Waals surface area contributed by atoms with Crippen molar-refractivity contribution in [1.29, 1.82) is 0 Å². The number of nitrogens with two attached hydrogens (primary N) is 1. The fourth-order valence-corrected chi connectivity index (χ4v) is 6.57. The zero-order valence-electron chi connectivity index (χ0n) is 17.8. The number of carbonyl (C=O) groups excluding carboxylic acids is 2. The molecule has 1 fully saturated rings. The summed E-state index contributed by atoms with van der Waals surface area (Å²) in [5, 5.41) is 5.38. The Kier molecular flexibility index (Phi) is 4.82. The van der Waals surface area contributed by atoms with Gasteiger partial charge < -0.3 is 5.73 Å². The highest BCUT2D eigenvalue weighted by Gasteiger charge is 2.44. The van der Waals surface area contributed by atoms with Gasteiger partial charge in [0.2, 0.25) is 0 Å². The Morgan fingerprint density at radius 2 is 1.81 bits per heavy atom. The van der Waals surface area contributed by atoms with Crippen LogP contribution in [0, 0.1) is 0 Å². The lowest BCUT2D eigenvalue weighted by Crippen LogP contribution is -2.48. The smallest absolute Gasteiger partial charge is 0.276 e. The van der Waals surface area contributed by atoms with Gasteiger partial charge in [-0.25, -0.2) is 10.0 Å². The monoisotopic (exact) mass is 443 g/mol. The summed E-state index contributed by atoms with van der Waals surface area (Å²) in [6, 6.07) is 16.7. The van der Waals surface area contributed by atoms with Crippen LogP contribution in [0.2, 0.25) is 0 Å². The van der Waals surface area contributed by atoms with Crippen LogP contribution in [0.4, 0.5) is 0 Å². The van der Waals surface area contributed by atoms with Crippen LogP contribution in [0.25, 0.3) is 10.8 Å². The third-order valence-corrected chi connectivity index (χ3v) is 8.22. The fourth-order valence-electron chi connectivity index (χ4n) is 5.47. The van der Waals surface area contributed by atoms with Gasteiger partial charge in [-0.1, -0.05) is 42.1 Å². The minimum atomic E-state index is -0.191. The first-order chi connectivity index (χ1) is 15.7. The number of hydrogen-bond acceptors (Lipinski definition) is 5. The molecule has 0 bridgehead atoms. The van der Waals surface area contributed by atoms with Gasteiger partial charge in [-0.3, -0.25) is 9.59 Å². The van der Waals surface area contributed by atoms with Crippen molar-refractivity contribution in [1.82, 2.24) is 10.0 Å². The van der Waals surface area contributed by atoms with Gasteiger partial charge in [0.15, 0.2) is 0 Å². The molecule has 0 aliphatic carbocycles. The number of rotatable bonds is 4. The molecule has 2 N–H and O–H groups in total. The Labute approximate surface area is 191 Å². The van der Waals surface area contributed by atoms with E-state index in [4.69, 9.17) is 5.73 Å². The van der Waals surface area contributed by atoms with E-state index >= 15 is 0 Å². The Hall–Kier alpha value is -2.67. The lowest BCUT2D eigenvalue weighted by atomic mass is 9.93. The van der Waals surface area contributed by atoms with Crippen LogP contribution in [0.1, 0.15) is 57.5 Å². The first kappa shape index (κ1) is 20.0. The van der Waals surface area contributed by atoms with E-state index in [1.165, 1.54) is 25.9 Å². The van der Waals surface area contributed by atoms with Crippen molar-refractivity contribution < 1.29 is 9.59 Å². The zero-order chi connectivity index (χ0) is 21.8. The maximum atomic E-state index is 13.6. The molecule has 1 saturated heterocycles. The van der Waals surface area contributed by atoms with Crippen LogP contribution in [-0.4, -0.2) is 41.0 Å². The van der Waals surface area contributed by atoms with E-state index in [0.29, 0.717) is 17.7 Å². The molecule has 0 saturated carbocycles. The van der Waals surface area contributed by atoms with Gasteiger partial charge in [0.25, 0.3) is 11.8 Å². The van der Waals surface area contributed by atoms with E-state index < -0.39 is 0 Å². The number of benzene rings is 3. The van der Waals surface area contributed by atoms with Gasteiger partial charge in [-0.15, -0.1) is 0 Å². The normalized spacial score (nSPS) is 20.0. The summed E-state index contributed by atoms with van der Waals surface area (Å²) >= 11 is 1.78. The number of carbonyl (C=O) groups is 2. The number of hydrazine groups is 1. The Bertz CT molecular complexity index is 1270. The molecule has 3 aromatic carbocycles. The molecule has 3 aliphatic heterocycles. The van der Waals surface area contributed by atoms with Crippen molar-refractivity contribution >= 4 is 34.3 Å². The number of nitrogens with zero attached hydrogens (tertiary/aromatic N) is 2. The molecule has 6 heteroatoms. The fraction of sp³-hybridized carbons (Fsp3) is 0.308. The van der Waals surface area contributed by atoms with Crippen molar-refractivity contribution in [3.8, 4) is 0 Å². The van der Waals surface area contributed by atoms with E-state index in [-0.39, 0.29) is 17.9 Å². The molecule has 6 rings (SSSR count). The molecular weight excluding hydrogens is 418 g/mol. The van der Waals surface area contributed by atoms with Gasteiger partial charge >= 0.3 is 0 Å². The van der Waals surface area contributed by atoms with E-state index in [0.717, 1.165) is 49.4 Å². The predicted octanol–water partition coefficient (Wildman–Crippen LogP) is 4.61. The lowest BCUT2D eigenvalue weighted by molar-refractivity contribution is -0.00642. The zero-order valence-corrected chi connectivity index (χ0v) is 18.7. The molecule has 0 spiro atoms. The van der Waals surface area contributed by atoms with Crippen LogP contribution in [0.3, 0.4) is 0 Å². The second kappa shape index (κ2) is 7.73. The standard InChI is InChI=1S/C26H25N3O2S/c27-13-3-6-17-7-4-14-28(17)29-25(30)20-10-9-18-19(24(20)26(29)31)11-12-23-21(18)15-16-5-1-2-8-22(16)32-23/h1-2,5,8-12,17H,3-4,6-7,13-15,27H2. The second-order valence-electron chi connectivity index (χ2n) is 8.82. The number of fused-ring (bicyclic) bond motifs is 6. The minimum absolute atomic E-state index is 0.181. The van der Waals surface area contributed by atoms with Crippen molar-refractivity contribution in [2.24, 2.45) is 5.73 Å². The maximum absolute atomic E-state index is 13.6. The molecule has 162 valence electrons. The second-order valence-corrected chi connectivity index (χ2v) is 9.91. The molecule has 0 aromatic heterocycles. The van der Waals surface area contributed by atoms with Gasteiger partial charge in [0, 0.05) is 28.8 Å². The van der Waals surface area contributed by atoms with Gasteiger partial charge in [0.05, 0.1) is 11.1 Å². The van der Waals surface area contributed by atoms with Crippen molar-refractivity contribution in [3.05, 3.63) is 70.8 Å². The van der Waals surface area contributed by atoms with E-state index in [1.54, 1.807) is 11.8 Å².